The van der Waals surface area contributed by atoms with Gasteiger partial charge >= 0.3 is 5.97 Å². The summed E-state index contributed by atoms with van der Waals surface area (Å²) in [5, 5.41) is 19.7. The number of rotatable bonds is 10. The van der Waals surface area contributed by atoms with Crippen molar-refractivity contribution >= 4 is 11.7 Å². The number of hydrogen-bond acceptors (Lipinski definition) is 4. The second-order valence-electron chi connectivity index (χ2n) is 4.86. The van der Waals surface area contributed by atoms with Gasteiger partial charge in [-0.3, -0.25) is 10.1 Å². The highest BCUT2D eigenvalue weighted by Gasteiger charge is 2.20. The highest BCUT2D eigenvalue weighted by atomic mass is 16.6. The van der Waals surface area contributed by atoms with Crippen LogP contribution < -0.4 is 4.74 Å². The van der Waals surface area contributed by atoms with E-state index in [1.807, 2.05) is 0 Å². The van der Waals surface area contributed by atoms with Crippen molar-refractivity contribution in [2.75, 3.05) is 6.61 Å². The topological polar surface area (TPSA) is 89.7 Å². The average molecular weight is 295 g/mol. The van der Waals surface area contributed by atoms with Gasteiger partial charge in [0.15, 0.2) is 0 Å². The summed E-state index contributed by atoms with van der Waals surface area (Å²) in [6.07, 6.45) is 6.79. The van der Waals surface area contributed by atoms with Crippen LogP contribution in [-0.4, -0.2) is 22.6 Å². The summed E-state index contributed by atoms with van der Waals surface area (Å²) in [4.78, 5) is 21.0. The van der Waals surface area contributed by atoms with Crippen LogP contribution in [0, 0.1) is 10.1 Å². The number of unbranched alkanes of at least 4 members (excludes halogenated alkanes) is 5. The molecule has 0 radical (unpaired) electrons. The summed E-state index contributed by atoms with van der Waals surface area (Å²) in [6.45, 7) is 2.65. The number of nitrogens with zero attached hydrogens (tertiary/aromatic N) is 1. The molecule has 0 fully saturated rings. The van der Waals surface area contributed by atoms with Gasteiger partial charge in [-0.2, -0.15) is 0 Å². The van der Waals surface area contributed by atoms with Gasteiger partial charge in [-0.05, 0) is 12.5 Å². The van der Waals surface area contributed by atoms with Crippen molar-refractivity contribution in [1.29, 1.82) is 0 Å². The zero-order valence-corrected chi connectivity index (χ0v) is 12.2. The van der Waals surface area contributed by atoms with Crippen LogP contribution in [0.4, 0.5) is 5.69 Å². The van der Waals surface area contributed by atoms with Gasteiger partial charge in [0.2, 0.25) is 0 Å². The number of hydrogen-bond donors (Lipinski definition) is 1. The van der Waals surface area contributed by atoms with Crippen LogP contribution in [0.2, 0.25) is 0 Å². The molecule has 0 saturated heterocycles. The molecule has 0 aliphatic carbocycles. The fourth-order valence-electron chi connectivity index (χ4n) is 2.01. The summed E-state index contributed by atoms with van der Waals surface area (Å²) >= 11 is 0. The number of benzene rings is 1. The number of carbonyl (C=O) groups is 1. The van der Waals surface area contributed by atoms with Gasteiger partial charge in [-0.1, -0.05) is 39.0 Å². The monoisotopic (exact) mass is 295 g/mol. The lowest BCUT2D eigenvalue weighted by Gasteiger charge is -2.07. The van der Waals surface area contributed by atoms with Crippen LogP contribution in [0.1, 0.15) is 55.8 Å². The molecule has 6 nitrogen and oxygen atoms in total. The predicted octanol–water partition coefficient (Wildman–Crippen LogP) is 4.03. The third kappa shape index (κ3) is 5.81. The zero-order chi connectivity index (χ0) is 15.7. The molecule has 0 aliphatic rings. The van der Waals surface area contributed by atoms with E-state index in [0.717, 1.165) is 19.3 Å². The van der Waals surface area contributed by atoms with Crippen molar-refractivity contribution < 1.29 is 19.6 Å². The molecule has 116 valence electrons. The third-order valence-electron chi connectivity index (χ3n) is 3.16. The Kier molecular flexibility index (Phi) is 7.21. The third-order valence-corrected chi connectivity index (χ3v) is 3.16. The molecule has 0 amide bonds. The number of nitro groups is 1. The van der Waals surface area contributed by atoms with E-state index in [1.165, 1.54) is 37.5 Å². The van der Waals surface area contributed by atoms with Crippen LogP contribution >= 0.6 is 0 Å². The molecule has 0 bridgehead atoms. The number of aromatic carboxylic acids is 1. The first-order valence-electron chi connectivity index (χ1n) is 7.20. The van der Waals surface area contributed by atoms with E-state index >= 15 is 0 Å². The SMILES string of the molecule is CCCCCCCCOc1ccc([N+](=O)[O-])c(C(=O)O)c1. The minimum atomic E-state index is -1.33. The molecule has 1 N–H and O–H groups in total. The summed E-state index contributed by atoms with van der Waals surface area (Å²) in [6, 6.07) is 3.80. The summed E-state index contributed by atoms with van der Waals surface area (Å²) in [7, 11) is 0. The lowest BCUT2D eigenvalue weighted by atomic mass is 10.1. The largest absolute Gasteiger partial charge is 0.494 e. The van der Waals surface area contributed by atoms with E-state index in [2.05, 4.69) is 6.92 Å². The van der Waals surface area contributed by atoms with Gasteiger partial charge in [-0.15, -0.1) is 0 Å². The Morgan fingerprint density at radius 1 is 1.24 bits per heavy atom. The average Bonchev–Trinajstić information content (AvgIpc) is 2.46. The zero-order valence-electron chi connectivity index (χ0n) is 12.2. The molecule has 0 aliphatic heterocycles. The lowest BCUT2D eigenvalue weighted by molar-refractivity contribution is -0.385. The first-order valence-corrected chi connectivity index (χ1v) is 7.20. The predicted molar refractivity (Wildman–Crippen MR) is 78.9 cm³/mol. The molecule has 0 unspecified atom stereocenters. The summed E-state index contributed by atoms with van der Waals surface area (Å²) in [5.41, 5.74) is -0.769. The fraction of sp³-hybridized carbons (Fsp3) is 0.533. The van der Waals surface area contributed by atoms with Crippen molar-refractivity contribution in [2.24, 2.45) is 0 Å². The first-order chi connectivity index (χ1) is 10.1. The van der Waals surface area contributed by atoms with Crippen molar-refractivity contribution in [3.63, 3.8) is 0 Å². The standard InChI is InChI=1S/C15H21NO5/c1-2-3-4-5-6-7-10-21-12-8-9-14(16(19)20)13(11-12)15(17)18/h8-9,11H,2-7,10H2,1H3,(H,17,18). The Bertz CT molecular complexity index is 487. The molecule has 0 heterocycles. The molecular formula is C15H21NO5. The molecule has 1 aromatic rings. The van der Waals surface area contributed by atoms with Crippen LogP contribution in [0.5, 0.6) is 5.75 Å². The van der Waals surface area contributed by atoms with Gasteiger partial charge in [0.1, 0.15) is 11.3 Å². The van der Waals surface area contributed by atoms with Gasteiger partial charge in [0.05, 0.1) is 11.5 Å². The molecule has 0 aromatic heterocycles. The van der Waals surface area contributed by atoms with E-state index in [9.17, 15) is 14.9 Å². The number of carboxylic acid groups (broad SMARTS) is 1. The lowest BCUT2D eigenvalue weighted by Crippen LogP contribution is -2.04. The second-order valence-corrected chi connectivity index (χ2v) is 4.86. The molecule has 21 heavy (non-hydrogen) atoms. The van der Waals surface area contributed by atoms with Gasteiger partial charge in [0.25, 0.3) is 5.69 Å². The minimum Gasteiger partial charge on any atom is -0.494 e. The highest BCUT2D eigenvalue weighted by Crippen LogP contribution is 2.24. The Morgan fingerprint density at radius 2 is 1.90 bits per heavy atom. The number of nitro benzene ring substituents is 1. The van der Waals surface area contributed by atoms with E-state index in [-0.39, 0.29) is 5.56 Å². The van der Waals surface area contributed by atoms with E-state index in [0.29, 0.717) is 12.4 Å². The maximum atomic E-state index is 11.0. The van der Waals surface area contributed by atoms with Gasteiger partial charge < -0.3 is 9.84 Å². The van der Waals surface area contributed by atoms with Crippen molar-refractivity contribution in [1.82, 2.24) is 0 Å². The number of carboxylic acids is 1. The van der Waals surface area contributed by atoms with Gasteiger partial charge in [0, 0.05) is 12.1 Å². The van der Waals surface area contributed by atoms with Crippen molar-refractivity contribution in [3.05, 3.63) is 33.9 Å². The Hall–Kier alpha value is -2.11. The quantitative estimate of drug-likeness (QED) is 0.400. The molecule has 0 spiro atoms. The Morgan fingerprint density at radius 3 is 2.52 bits per heavy atom. The molecule has 1 rings (SSSR count). The van der Waals surface area contributed by atoms with E-state index < -0.39 is 16.6 Å². The molecule has 0 saturated carbocycles. The van der Waals surface area contributed by atoms with Crippen LogP contribution in [0.25, 0.3) is 0 Å². The maximum absolute atomic E-state index is 11.0. The fourth-order valence-corrected chi connectivity index (χ4v) is 2.01. The summed E-state index contributed by atoms with van der Waals surface area (Å²) in [5.74, 6) is -0.974. The van der Waals surface area contributed by atoms with Crippen molar-refractivity contribution in [3.8, 4) is 5.75 Å². The molecular weight excluding hydrogens is 274 g/mol. The van der Waals surface area contributed by atoms with Crippen LogP contribution in [0.3, 0.4) is 0 Å². The molecule has 6 heteroatoms. The van der Waals surface area contributed by atoms with Crippen LogP contribution in [0.15, 0.2) is 18.2 Å². The van der Waals surface area contributed by atoms with Gasteiger partial charge in [-0.25, -0.2) is 4.79 Å². The second kappa shape index (κ2) is 8.94. The van der Waals surface area contributed by atoms with E-state index in [1.54, 1.807) is 0 Å². The smallest absolute Gasteiger partial charge is 0.342 e. The minimum absolute atomic E-state index is 0.347. The maximum Gasteiger partial charge on any atom is 0.342 e. The molecule has 1 aromatic carbocycles. The Balaban J connectivity index is 2.47. The Labute approximate surface area is 123 Å². The first kappa shape index (κ1) is 16.9. The summed E-state index contributed by atoms with van der Waals surface area (Å²) < 4.78 is 5.45. The van der Waals surface area contributed by atoms with E-state index in [4.69, 9.17) is 9.84 Å². The number of ether oxygens (including phenoxy) is 1. The van der Waals surface area contributed by atoms with Crippen LogP contribution in [-0.2, 0) is 0 Å². The highest BCUT2D eigenvalue weighted by molar-refractivity contribution is 5.92. The molecule has 0 atom stereocenters. The van der Waals surface area contributed by atoms with Crippen molar-refractivity contribution in [2.45, 2.75) is 45.4 Å². The normalized spacial score (nSPS) is 10.3.